The van der Waals surface area contributed by atoms with Crippen molar-refractivity contribution in [2.24, 2.45) is 0 Å². The van der Waals surface area contributed by atoms with Gasteiger partial charge in [0.25, 0.3) is 0 Å². The number of hydrogen-bond acceptors (Lipinski definition) is 3. The van der Waals surface area contributed by atoms with Gasteiger partial charge < -0.3 is 4.90 Å². The molecule has 0 spiro atoms. The highest BCUT2D eigenvalue weighted by Gasteiger charge is 2.37. The van der Waals surface area contributed by atoms with Crippen LogP contribution in [0.4, 0.5) is 0 Å². The molecule has 3 nitrogen and oxygen atoms in total. The average molecular weight is 364 g/mol. The molecule has 0 amide bonds. The van der Waals surface area contributed by atoms with E-state index in [1.807, 2.05) is 17.5 Å². The molecule has 2 heterocycles. The Morgan fingerprint density at radius 1 is 1.15 bits per heavy atom. The van der Waals surface area contributed by atoms with Crippen molar-refractivity contribution < 1.29 is 0 Å². The minimum Gasteiger partial charge on any atom is -0.365 e. The molecule has 1 fully saturated rings. The zero-order valence-electron chi connectivity index (χ0n) is 15.1. The van der Waals surface area contributed by atoms with E-state index in [1.54, 1.807) is 0 Å². The number of fused-ring (bicyclic) bond motifs is 2. The number of thiophene rings is 1. The number of hydrogen-bond donors (Lipinski definition) is 1. The minimum absolute atomic E-state index is 0.550. The van der Waals surface area contributed by atoms with Gasteiger partial charge in [-0.3, -0.25) is 5.10 Å². The van der Waals surface area contributed by atoms with Crippen LogP contribution in [0.5, 0.6) is 0 Å². The summed E-state index contributed by atoms with van der Waals surface area (Å²) in [7, 11) is 0. The summed E-state index contributed by atoms with van der Waals surface area (Å²) in [5.41, 5.74) is 5.25. The van der Waals surface area contributed by atoms with Crippen molar-refractivity contribution in [1.82, 2.24) is 15.1 Å². The number of H-pyrrole nitrogens is 1. The molecule has 1 aromatic carbocycles. The fourth-order valence-electron chi connectivity index (χ4n) is 4.07. The predicted molar refractivity (Wildman–Crippen MR) is 111 cm³/mol. The van der Waals surface area contributed by atoms with Gasteiger partial charge in [-0.2, -0.15) is 5.10 Å². The highest BCUT2D eigenvalue weighted by Crippen LogP contribution is 2.41. The van der Waals surface area contributed by atoms with E-state index in [-0.39, 0.29) is 0 Å². The Morgan fingerprint density at radius 3 is 2.77 bits per heavy atom. The third kappa shape index (κ3) is 2.99. The third-order valence-electron chi connectivity index (χ3n) is 5.43. The van der Waals surface area contributed by atoms with Gasteiger partial charge in [-0.15, -0.1) is 24.5 Å². The summed E-state index contributed by atoms with van der Waals surface area (Å²) in [6.45, 7) is 10.5. The maximum Gasteiger partial charge on any atom is 0.0522 e. The minimum atomic E-state index is 0.550. The van der Waals surface area contributed by atoms with E-state index in [9.17, 15) is 0 Å². The largest absolute Gasteiger partial charge is 0.365 e. The third-order valence-corrected chi connectivity index (χ3v) is 6.39. The number of aromatic nitrogens is 2. The van der Waals surface area contributed by atoms with Gasteiger partial charge >= 0.3 is 0 Å². The van der Waals surface area contributed by atoms with Crippen LogP contribution in [0.1, 0.15) is 36.1 Å². The van der Waals surface area contributed by atoms with Gasteiger partial charge in [-0.1, -0.05) is 24.8 Å². The summed E-state index contributed by atoms with van der Waals surface area (Å²) >= 11 is 1.83. The van der Waals surface area contributed by atoms with E-state index >= 15 is 0 Å². The van der Waals surface area contributed by atoms with Gasteiger partial charge in [-0.05, 0) is 43.7 Å². The molecule has 3 aromatic rings. The van der Waals surface area contributed by atoms with E-state index in [0.29, 0.717) is 12.1 Å². The summed E-state index contributed by atoms with van der Waals surface area (Å²) in [6, 6.07) is 9.91. The van der Waals surface area contributed by atoms with Gasteiger partial charge in [0.2, 0.25) is 0 Å². The van der Waals surface area contributed by atoms with Gasteiger partial charge in [0.15, 0.2) is 0 Å². The number of nitrogens with zero attached hydrogens (tertiary/aromatic N) is 2. The predicted octanol–water partition coefficient (Wildman–Crippen LogP) is 5.42. The van der Waals surface area contributed by atoms with E-state index < -0.39 is 0 Å². The monoisotopic (exact) mass is 363 g/mol. The summed E-state index contributed by atoms with van der Waals surface area (Å²) in [4.78, 5) is 2.63. The second-order valence-corrected chi connectivity index (χ2v) is 7.91. The first-order valence-corrected chi connectivity index (χ1v) is 10.1. The highest BCUT2D eigenvalue weighted by atomic mass is 32.1. The first-order valence-electron chi connectivity index (χ1n) is 9.26. The molecule has 0 radical (unpaired) electrons. The van der Waals surface area contributed by atoms with Crippen LogP contribution in [0.25, 0.3) is 15.8 Å². The Balaban J connectivity index is 0.000000814. The lowest BCUT2D eigenvalue weighted by Gasteiger charge is -2.37. The molecule has 1 N–H and O–H groups in total. The van der Waals surface area contributed by atoms with Crippen LogP contribution in [0.2, 0.25) is 0 Å². The van der Waals surface area contributed by atoms with E-state index in [2.05, 4.69) is 64.5 Å². The highest BCUT2D eigenvalue weighted by molar-refractivity contribution is 7.17. The number of rotatable bonds is 4. The zero-order valence-corrected chi connectivity index (χ0v) is 15.9. The van der Waals surface area contributed by atoms with Crippen molar-refractivity contribution in [3.63, 3.8) is 0 Å². The van der Waals surface area contributed by atoms with Crippen molar-refractivity contribution in [3.8, 4) is 0 Å². The number of benzene rings is 1. The van der Waals surface area contributed by atoms with Crippen LogP contribution >= 0.6 is 11.3 Å². The second-order valence-electron chi connectivity index (χ2n) is 7.00. The molecule has 2 aliphatic carbocycles. The lowest BCUT2D eigenvalue weighted by molar-refractivity contribution is 0.260. The maximum atomic E-state index is 4.54. The Morgan fingerprint density at radius 2 is 1.96 bits per heavy atom. The van der Waals surface area contributed by atoms with Crippen LogP contribution in [-0.2, 0) is 12.8 Å². The molecule has 26 heavy (non-hydrogen) atoms. The second kappa shape index (κ2) is 7.12. The van der Waals surface area contributed by atoms with Crippen molar-refractivity contribution in [3.05, 3.63) is 72.4 Å². The molecule has 2 aromatic heterocycles. The lowest BCUT2D eigenvalue weighted by atomic mass is 9.91. The molecule has 134 valence electrons. The summed E-state index contributed by atoms with van der Waals surface area (Å²) in [5, 5.41) is 11.0. The summed E-state index contributed by atoms with van der Waals surface area (Å²) in [6.07, 6.45) is 7.98. The van der Waals surface area contributed by atoms with Crippen LogP contribution in [0, 0.1) is 0 Å². The first-order chi connectivity index (χ1) is 12.8. The number of aromatic amines is 1. The fourth-order valence-corrected chi connectivity index (χ4v) is 5.04. The lowest BCUT2D eigenvalue weighted by Crippen LogP contribution is -2.39. The average Bonchev–Trinajstić information content (AvgIpc) is 3.24. The molecule has 0 aliphatic heterocycles. The Bertz CT molecular complexity index is 918. The van der Waals surface area contributed by atoms with Crippen LogP contribution in [-0.4, -0.2) is 27.2 Å². The van der Waals surface area contributed by atoms with Crippen molar-refractivity contribution >= 4 is 27.1 Å². The SMILES string of the molecule is C=C.C=C(c1csc2ccccc12)N(C1CC1)C1CCc2[nH]ncc2C1. The molecule has 2 aliphatic rings. The molecular formula is C22H25N3S. The molecule has 1 saturated carbocycles. The standard InChI is InChI=1S/C20H21N3S.C2H4/c1-13(18-12-24-20-5-3-2-4-17(18)20)23(15-6-7-15)16-8-9-19-14(10-16)11-21-22-19;1-2/h2-5,11-12,15-16H,1,6-10H2,(H,21,22);1-2H2. The summed E-state index contributed by atoms with van der Waals surface area (Å²) in [5.74, 6) is 0. The van der Waals surface area contributed by atoms with Gasteiger partial charge in [0.05, 0.1) is 6.20 Å². The first kappa shape index (κ1) is 17.1. The molecule has 1 unspecified atom stereocenters. The number of aryl methyl sites for hydroxylation is 1. The molecule has 1 atom stereocenters. The normalized spacial score (nSPS) is 18.7. The Labute approximate surface area is 159 Å². The van der Waals surface area contributed by atoms with Crippen molar-refractivity contribution in [1.29, 1.82) is 0 Å². The topological polar surface area (TPSA) is 31.9 Å². The van der Waals surface area contributed by atoms with Gasteiger partial charge in [-0.25, -0.2) is 0 Å². The van der Waals surface area contributed by atoms with E-state index in [0.717, 1.165) is 12.8 Å². The van der Waals surface area contributed by atoms with E-state index in [1.165, 1.54) is 51.9 Å². The van der Waals surface area contributed by atoms with Crippen molar-refractivity contribution in [2.45, 2.75) is 44.2 Å². The molecule has 0 saturated heterocycles. The van der Waals surface area contributed by atoms with Crippen LogP contribution in [0.15, 0.2) is 55.6 Å². The van der Waals surface area contributed by atoms with Crippen molar-refractivity contribution in [2.75, 3.05) is 0 Å². The molecule has 4 heteroatoms. The molecule has 0 bridgehead atoms. The van der Waals surface area contributed by atoms with Gasteiger partial charge in [0.1, 0.15) is 0 Å². The van der Waals surface area contributed by atoms with Gasteiger partial charge in [0, 0.05) is 44.5 Å². The smallest absolute Gasteiger partial charge is 0.0522 e. The summed E-state index contributed by atoms with van der Waals surface area (Å²) < 4.78 is 1.35. The Kier molecular flexibility index (Phi) is 4.68. The number of nitrogens with one attached hydrogen (secondary N) is 1. The quantitative estimate of drug-likeness (QED) is 0.628. The van der Waals surface area contributed by atoms with E-state index in [4.69, 9.17) is 0 Å². The van der Waals surface area contributed by atoms with Crippen LogP contribution in [0.3, 0.4) is 0 Å². The maximum absolute atomic E-state index is 4.54. The Hall–Kier alpha value is -2.33. The van der Waals surface area contributed by atoms with Crippen LogP contribution < -0.4 is 0 Å². The fraction of sp³-hybridized carbons (Fsp3) is 0.318. The zero-order chi connectivity index (χ0) is 18.1. The molecular weight excluding hydrogens is 338 g/mol. The molecule has 5 rings (SSSR count).